The van der Waals surface area contributed by atoms with Crippen molar-refractivity contribution in [1.29, 1.82) is 0 Å². The van der Waals surface area contributed by atoms with Crippen LogP contribution in [-0.4, -0.2) is 29.6 Å². The summed E-state index contributed by atoms with van der Waals surface area (Å²) in [7, 11) is 0. The second kappa shape index (κ2) is 6.39. The van der Waals surface area contributed by atoms with Gasteiger partial charge in [-0.05, 0) is 36.7 Å². The zero-order valence-corrected chi connectivity index (χ0v) is 14.4. The summed E-state index contributed by atoms with van der Waals surface area (Å²) in [6.45, 7) is 6.76. The largest absolute Gasteiger partial charge is 0.449 e. The van der Waals surface area contributed by atoms with Crippen LogP contribution in [0.5, 0.6) is 0 Å². The third-order valence-corrected chi connectivity index (χ3v) is 5.85. The maximum atomic E-state index is 12.0. The molecule has 2 saturated carbocycles. The lowest BCUT2D eigenvalue weighted by Gasteiger charge is -2.44. The Morgan fingerprint density at radius 1 is 1.30 bits per heavy atom. The number of ketones is 1. The number of hydrogen-bond acceptors (Lipinski definition) is 4. The van der Waals surface area contributed by atoms with Crippen molar-refractivity contribution in [3.05, 3.63) is 12.2 Å². The lowest BCUT2D eigenvalue weighted by molar-refractivity contribution is -0.184. The Kier molecular flexibility index (Phi) is 4.63. The van der Waals surface area contributed by atoms with Crippen LogP contribution in [0.25, 0.3) is 0 Å². The molecule has 1 spiro atoms. The SMILES string of the molecule is CC(C)[C@@H]1CC[C@@H](C)C[C@H]1O[C@H]1CC(=O)CC[C@@]12C=CC(=O)O2. The van der Waals surface area contributed by atoms with Crippen molar-refractivity contribution in [2.75, 3.05) is 0 Å². The number of carbonyl (C=O) groups excluding carboxylic acids is 2. The van der Waals surface area contributed by atoms with Gasteiger partial charge >= 0.3 is 5.97 Å². The molecule has 0 saturated heterocycles. The Hall–Kier alpha value is -1.16. The Balaban J connectivity index is 1.78. The third kappa shape index (κ3) is 3.37. The van der Waals surface area contributed by atoms with Gasteiger partial charge < -0.3 is 9.47 Å². The van der Waals surface area contributed by atoms with Gasteiger partial charge in [-0.25, -0.2) is 4.79 Å². The molecular formula is C19H28O4. The van der Waals surface area contributed by atoms with E-state index in [9.17, 15) is 9.59 Å². The zero-order valence-electron chi connectivity index (χ0n) is 14.4. The van der Waals surface area contributed by atoms with Crippen molar-refractivity contribution >= 4 is 11.8 Å². The molecule has 0 aromatic heterocycles. The van der Waals surface area contributed by atoms with Gasteiger partial charge in [-0.1, -0.05) is 27.2 Å². The van der Waals surface area contributed by atoms with Crippen LogP contribution >= 0.6 is 0 Å². The molecule has 3 rings (SSSR count). The van der Waals surface area contributed by atoms with E-state index in [1.54, 1.807) is 0 Å². The average molecular weight is 320 g/mol. The molecule has 3 aliphatic rings. The van der Waals surface area contributed by atoms with Gasteiger partial charge in [-0.3, -0.25) is 4.79 Å². The minimum Gasteiger partial charge on any atom is -0.449 e. The number of rotatable bonds is 3. The predicted molar refractivity (Wildman–Crippen MR) is 86.8 cm³/mol. The molecule has 2 aliphatic carbocycles. The first-order chi connectivity index (χ1) is 10.9. The topological polar surface area (TPSA) is 52.6 Å². The van der Waals surface area contributed by atoms with E-state index in [1.807, 2.05) is 6.08 Å². The molecule has 4 nitrogen and oxygen atoms in total. The molecule has 0 amide bonds. The standard InChI is InChI=1S/C19H28O4/c1-12(2)15-5-4-13(3)10-16(15)22-17-11-14(20)6-8-19(17)9-7-18(21)23-19/h7,9,12-13,15-17H,4-6,8,10-11H2,1-3H3/t13-,15+,16-,17+,19-/m1/s1. The number of esters is 1. The summed E-state index contributed by atoms with van der Waals surface area (Å²) in [6.07, 6.45) is 7.94. The van der Waals surface area contributed by atoms with Gasteiger partial charge in [0.1, 0.15) is 11.9 Å². The maximum absolute atomic E-state index is 12.0. The van der Waals surface area contributed by atoms with Crippen molar-refractivity contribution in [3.8, 4) is 0 Å². The van der Waals surface area contributed by atoms with Crippen molar-refractivity contribution < 1.29 is 19.1 Å². The summed E-state index contributed by atoms with van der Waals surface area (Å²) in [5, 5.41) is 0. The maximum Gasteiger partial charge on any atom is 0.331 e. The fourth-order valence-corrected chi connectivity index (χ4v) is 4.39. The fourth-order valence-electron chi connectivity index (χ4n) is 4.39. The van der Waals surface area contributed by atoms with Gasteiger partial charge in [0.15, 0.2) is 5.60 Å². The first-order valence-electron chi connectivity index (χ1n) is 8.99. The highest BCUT2D eigenvalue weighted by Crippen LogP contribution is 2.42. The molecule has 23 heavy (non-hydrogen) atoms. The second-order valence-corrected chi connectivity index (χ2v) is 7.94. The smallest absolute Gasteiger partial charge is 0.331 e. The van der Waals surface area contributed by atoms with E-state index >= 15 is 0 Å². The van der Waals surface area contributed by atoms with Crippen LogP contribution < -0.4 is 0 Å². The lowest BCUT2D eigenvalue weighted by Crippen LogP contribution is -2.51. The second-order valence-electron chi connectivity index (χ2n) is 7.94. The van der Waals surface area contributed by atoms with Crippen molar-refractivity contribution in [2.45, 2.75) is 77.1 Å². The molecule has 0 aromatic rings. The third-order valence-electron chi connectivity index (χ3n) is 5.85. The first kappa shape index (κ1) is 16.7. The molecule has 4 heteroatoms. The minimum absolute atomic E-state index is 0.152. The minimum atomic E-state index is -0.715. The van der Waals surface area contributed by atoms with Crippen LogP contribution in [0, 0.1) is 17.8 Å². The zero-order chi connectivity index (χ0) is 16.6. The van der Waals surface area contributed by atoms with Gasteiger partial charge in [-0.15, -0.1) is 0 Å². The van der Waals surface area contributed by atoms with E-state index in [0.29, 0.717) is 37.0 Å². The lowest BCUT2D eigenvalue weighted by atomic mass is 9.74. The van der Waals surface area contributed by atoms with Gasteiger partial charge in [-0.2, -0.15) is 0 Å². The summed E-state index contributed by atoms with van der Waals surface area (Å²) in [5.74, 6) is 1.62. The molecule has 0 N–H and O–H groups in total. The number of carbonyl (C=O) groups is 2. The van der Waals surface area contributed by atoms with Crippen LogP contribution in [0.1, 0.15) is 59.3 Å². The normalized spacial score (nSPS) is 40.9. The first-order valence-corrected chi connectivity index (χ1v) is 8.99. The monoisotopic (exact) mass is 320 g/mol. The summed E-state index contributed by atoms with van der Waals surface area (Å²) >= 11 is 0. The van der Waals surface area contributed by atoms with Crippen LogP contribution in [0.4, 0.5) is 0 Å². The number of ether oxygens (including phenoxy) is 2. The number of hydrogen-bond donors (Lipinski definition) is 0. The van der Waals surface area contributed by atoms with Gasteiger partial charge in [0.05, 0.1) is 6.10 Å². The van der Waals surface area contributed by atoms with E-state index < -0.39 is 5.60 Å². The van der Waals surface area contributed by atoms with Crippen LogP contribution in [0.15, 0.2) is 12.2 Å². The van der Waals surface area contributed by atoms with Gasteiger partial charge in [0.25, 0.3) is 0 Å². The number of Topliss-reactive ketones (excluding diaryl/α,β-unsaturated/α-hetero) is 1. The molecule has 0 radical (unpaired) electrons. The Labute approximate surface area is 138 Å². The molecule has 1 heterocycles. The molecular weight excluding hydrogens is 292 g/mol. The van der Waals surface area contributed by atoms with Crippen LogP contribution in [0.2, 0.25) is 0 Å². The fraction of sp³-hybridized carbons (Fsp3) is 0.789. The molecule has 0 bridgehead atoms. The van der Waals surface area contributed by atoms with E-state index in [2.05, 4.69) is 20.8 Å². The molecule has 2 fully saturated rings. The van der Waals surface area contributed by atoms with E-state index in [-0.39, 0.29) is 24.0 Å². The molecule has 0 unspecified atom stereocenters. The highest BCUT2D eigenvalue weighted by molar-refractivity contribution is 5.87. The summed E-state index contributed by atoms with van der Waals surface area (Å²) in [4.78, 5) is 23.6. The van der Waals surface area contributed by atoms with Crippen LogP contribution in [0.3, 0.4) is 0 Å². The summed E-state index contributed by atoms with van der Waals surface area (Å²) in [5.41, 5.74) is -0.715. The summed E-state index contributed by atoms with van der Waals surface area (Å²) < 4.78 is 12.1. The molecule has 0 aromatic carbocycles. The van der Waals surface area contributed by atoms with Crippen molar-refractivity contribution in [2.24, 2.45) is 17.8 Å². The van der Waals surface area contributed by atoms with Crippen molar-refractivity contribution in [1.82, 2.24) is 0 Å². The van der Waals surface area contributed by atoms with E-state index in [0.717, 1.165) is 6.42 Å². The molecule has 128 valence electrons. The molecule has 1 aliphatic heterocycles. The van der Waals surface area contributed by atoms with Crippen LogP contribution in [-0.2, 0) is 19.1 Å². The van der Waals surface area contributed by atoms with Gasteiger partial charge in [0, 0.05) is 25.3 Å². The van der Waals surface area contributed by atoms with E-state index in [1.165, 1.54) is 18.9 Å². The van der Waals surface area contributed by atoms with Gasteiger partial charge in [0.2, 0.25) is 0 Å². The Morgan fingerprint density at radius 3 is 2.74 bits per heavy atom. The quantitative estimate of drug-likeness (QED) is 0.748. The Morgan fingerprint density at radius 2 is 2.09 bits per heavy atom. The average Bonchev–Trinajstić information content (AvgIpc) is 2.85. The highest BCUT2D eigenvalue weighted by atomic mass is 16.6. The Bertz CT molecular complexity index is 509. The summed E-state index contributed by atoms with van der Waals surface area (Å²) in [6, 6.07) is 0. The predicted octanol–water partition coefficient (Wildman–Crippen LogP) is 3.44. The van der Waals surface area contributed by atoms with E-state index in [4.69, 9.17) is 9.47 Å². The molecule has 5 atom stereocenters. The highest BCUT2D eigenvalue weighted by Gasteiger charge is 2.49. The van der Waals surface area contributed by atoms with Crippen molar-refractivity contribution in [3.63, 3.8) is 0 Å².